The molecule has 0 saturated carbocycles. The van der Waals surface area contributed by atoms with E-state index >= 15 is 0 Å². The first-order chi connectivity index (χ1) is 9.08. The average molecular weight is 328 g/mol. The van der Waals surface area contributed by atoms with Crippen LogP contribution in [0.4, 0.5) is 0 Å². The molecule has 0 aromatic heterocycles. The minimum atomic E-state index is -0.434. The Labute approximate surface area is 119 Å². The van der Waals surface area contributed by atoms with E-state index in [1.54, 1.807) is 24.3 Å². The van der Waals surface area contributed by atoms with E-state index in [-0.39, 0.29) is 12.5 Å². The third-order valence-electron chi connectivity index (χ3n) is 2.16. The van der Waals surface area contributed by atoms with E-state index < -0.39 is 5.97 Å². The summed E-state index contributed by atoms with van der Waals surface area (Å²) in [7, 11) is 1.31. The molecule has 0 fully saturated rings. The predicted octanol–water partition coefficient (Wildman–Crippen LogP) is 1.92. The number of methoxy groups -OCH3 is 1. The first-order valence-corrected chi connectivity index (χ1v) is 6.26. The molecule has 0 unspecified atom stereocenters. The summed E-state index contributed by atoms with van der Waals surface area (Å²) in [6, 6.07) is 4.73. The molecule has 0 heterocycles. The fourth-order valence-electron chi connectivity index (χ4n) is 1.24. The maximum absolute atomic E-state index is 11.3. The lowest BCUT2D eigenvalue weighted by atomic mass is 10.2. The highest BCUT2D eigenvalue weighted by atomic mass is 79.9. The number of esters is 1. The number of rotatable bonds is 6. The summed E-state index contributed by atoms with van der Waals surface area (Å²) in [4.78, 5) is 22.6. The average Bonchev–Trinajstić information content (AvgIpc) is 2.42. The van der Waals surface area contributed by atoms with Crippen molar-refractivity contribution >= 4 is 27.8 Å². The maximum atomic E-state index is 11.3. The van der Waals surface area contributed by atoms with Crippen LogP contribution in [0.3, 0.4) is 0 Å². The van der Waals surface area contributed by atoms with E-state index in [4.69, 9.17) is 4.74 Å². The van der Waals surface area contributed by atoms with Gasteiger partial charge in [-0.1, -0.05) is 6.08 Å². The molecule has 19 heavy (non-hydrogen) atoms. The van der Waals surface area contributed by atoms with Crippen LogP contribution in [-0.2, 0) is 9.53 Å². The van der Waals surface area contributed by atoms with Crippen molar-refractivity contribution in [1.29, 1.82) is 0 Å². The van der Waals surface area contributed by atoms with Gasteiger partial charge in [0.15, 0.2) is 6.61 Å². The van der Waals surface area contributed by atoms with Gasteiger partial charge in [-0.15, -0.1) is 6.58 Å². The second-order valence-corrected chi connectivity index (χ2v) is 4.37. The SMILES string of the molecule is C=CCNC(=O)COc1ccc(C(=O)OC)cc1Br. The van der Waals surface area contributed by atoms with Gasteiger partial charge in [0.25, 0.3) is 5.91 Å². The first-order valence-electron chi connectivity index (χ1n) is 5.46. The van der Waals surface area contributed by atoms with Gasteiger partial charge in [-0.05, 0) is 34.1 Å². The van der Waals surface area contributed by atoms with Gasteiger partial charge in [-0.25, -0.2) is 4.79 Å². The molecule has 0 atom stereocenters. The van der Waals surface area contributed by atoms with Crippen LogP contribution in [0.2, 0.25) is 0 Å². The number of carbonyl (C=O) groups is 2. The standard InChI is InChI=1S/C13H14BrNO4/c1-3-6-15-12(16)8-19-11-5-4-9(7-10(11)14)13(17)18-2/h3-5,7H,1,6,8H2,2H3,(H,15,16). The lowest BCUT2D eigenvalue weighted by Crippen LogP contribution is -2.28. The van der Waals surface area contributed by atoms with Gasteiger partial charge in [0.2, 0.25) is 0 Å². The zero-order valence-corrected chi connectivity index (χ0v) is 12.0. The molecule has 6 heteroatoms. The van der Waals surface area contributed by atoms with Gasteiger partial charge >= 0.3 is 5.97 Å². The van der Waals surface area contributed by atoms with Gasteiger partial charge in [0.05, 0.1) is 17.1 Å². The summed E-state index contributed by atoms with van der Waals surface area (Å²) in [5, 5.41) is 2.59. The maximum Gasteiger partial charge on any atom is 0.337 e. The summed E-state index contributed by atoms with van der Waals surface area (Å²) >= 11 is 3.27. The van der Waals surface area contributed by atoms with Crippen LogP contribution in [0.25, 0.3) is 0 Å². The summed E-state index contributed by atoms with van der Waals surface area (Å²) < 4.78 is 10.5. The molecule has 102 valence electrons. The smallest absolute Gasteiger partial charge is 0.337 e. The molecule has 1 rings (SSSR count). The molecule has 0 aliphatic heterocycles. The molecule has 1 aromatic carbocycles. The second-order valence-electron chi connectivity index (χ2n) is 3.52. The number of amides is 1. The molecule has 0 bridgehead atoms. The highest BCUT2D eigenvalue weighted by Crippen LogP contribution is 2.26. The summed E-state index contributed by atoms with van der Waals surface area (Å²) in [5.74, 6) is -0.207. The van der Waals surface area contributed by atoms with Crippen molar-refractivity contribution < 1.29 is 19.1 Å². The van der Waals surface area contributed by atoms with E-state index in [0.717, 1.165) is 0 Å². The molecule has 0 aliphatic rings. The fourth-order valence-corrected chi connectivity index (χ4v) is 1.74. The Kier molecular flexibility index (Phi) is 6.08. The van der Waals surface area contributed by atoms with Gasteiger partial charge in [0, 0.05) is 6.54 Å². The first kappa shape index (κ1) is 15.2. The van der Waals surface area contributed by atoms with E-state index in [0.29, 0.717) is 22.3 Å². The molecule has 0 aliphatic carbocycles. The van der Waals surface area contributed by atoms with E-state index in [2.05, 4.69) is 32.6 Å². The molecule has 0 saturated heterocycles. The van der Waals surface area contributed by atoms with Crippen molar-refractivity contribution in [2.45, 2.75) is 0 Å². The van der Waals surface area contributed by atoms with Crippen molar-refractivity contribution in [3.05, 3.63) is 40.9 Å². The van der Waals surface area contributed by atoms with Crippen molar-refractivity contribution in [2.75, 3.05) is 20.3 Å². The molecule has 0 radical (unpaired) electrons. The Hall–Kier alpha value is -1.82. The Morgan fingerprint density at radius 3 is 2.79 bits per heavy atom. The highest BCUT2D eigenvalue weighted by Gasteiger charge is 2.10. The van der Waals surface area contributed by atoms with Crippen LogP contribution >= 0.6 is 15.9 Å². The second kappa shape index (κ2) is 7.58. The lowest BCUT2D eigenvalue weighted by Gasteiger charge is -2.09. The number of benzene rings is 1. The Morgan fingerprint density at radius 1 is 1.47 bits per heavy atom. The zero-order valence-electron chi connectivity index (χ0n) is 10.4. The van der Waals surface area contributed by atoms with Crippen LogP contribution in [0.15, 0.2) is 35.3 Å². The number of ether oxygens (including phenoxy) is 2. The quantitative estimate of drug-likeness (QED) is 0.640. The number of halogens is 1. The molecule has 1 aromatic rings. The van der Waals surface area contributed by atoms with E-state index in [1.807, 2.05) is 0 Å². The largest absolute Gasteiger partial charge is 0.483 e. The minimum absolute atomic E-state index is 0.107. The molecule has 1 amide bonds. The lowest BCUT2D eigenvalue weighted by molar-refractivity contribution is -0.122. The highest BCUT2D eigenvalue weighted by molar-refractivity contribution is 9.10. The van der Waals surface area contributed by atoms with Gasteiger partial charge in [0.1, 0.15) is 5.75 Å². The molecular weight excluding hydrogens is 314 g/mol. The third-order valence-corrected chi connectivity index (χ3v) is 2.78. The summed E-state index contributed by atoms with van der Waals surface area (Å²) in [5.41, 5.74) is 0.401. The Balaban J connectivity index is 2.62. The summed E-state index contributed by atoms with van der Waals surface area (Å²) in [6.07, 6.45) is 1.58. The predicted molar refractivity (Wildman–Crippen MR) is 74.2 cm³/mol. The van der Waals surface area contributed by atoms with Crippen molar-refractivity contribution in [3.8, 4) is 5.75 Å². The fraction of sp³-hybridized carbons (Fsp3) is 0.231. The Morgan fingerprint density at radius 2 is 2.21 bits per heavy atom. The van der Waals surface area contributed by atoms with Crippen molar-refractivity contribution in [2.24, 2.45) is 0 Å². The third kappa shape index (κ3) is 4.75. The molecule has 0 spiro atoms. The molecule has 5 nitrogen and oxygen atoms in total. The number of hydrogen-bond acceptors (Lipinski definition) is 4. The van der Waals surface area contributed by atoms with Gasteiger partial charge < -0.3 is 14.8 Å². The molecular formula is C13H14BrNO4. The van der Waals surface area contributed by atoms with E-state index in [9.17, 15) is 9.59 Å². The monoisotopic (exact) mass is 327 g/mol. The molecule has 1 N–H and O–H groups in total. The Bertz CT molecular complexity index is 488. The van der Waals surface area contributed by atoms with Gasteiger partial charge in [-0.3, -0.25) is 4.79 Å². The van der Waals surface area contributed by atoms with Crippen molar-refractivity contribution in [3.63, 3.8) is 0 Å². The number of carbonyl (C=O) groups excluding carboxylic acids is 2. The van der Waals surface area contributed by atoms with E-state index in [1.165, 1.54) is 7.11 Å². The zero-order chi connectivity index (χ0) is 14.3. The number of nitrogens with one attached hydrogen (secondary N) is 1. The van der Waals surface area contributed by atoms with Gasteiger partial charge in [-0.2, -0.15) is 0 Å². The topological polar surface area (TPSA) is 64.6 Å². The summed E-state index contributed by atoms with van der Waals surface area (Å²) in [6.45, 7) is 3.78. The van der Waals surface area contributed by atoms with Crippen molar-refractivity contribution in [1.82, 2.24) is 5.32 Å². The van der Waals surface area contributed by atoms with Crippen LogP contribution in [0.5, 0.6) is 5.75 Å². The van der Waals surface area contributed by atoms with Crippen LogP contribution in [0.1, 0.15) is 10.4 Å². The van der Waals surface area contributed by atoms with Crippen LogP contribution < -0.4 is 10.1 Å². The number of hydrogen-bond donors (Lipinski definition) is 1. The van der Waals surface area contributed by atoms with Crippen LogP contribution in [0, 0.1) is 0 Å². The normalized spacial score (nSPS) is 9.58. The van der Waals surface area contributed by atoms with Crippen LogP contribution in [-0.4, -0.2) is 32.1 Å². The minimum Gasteiger partial charge on any atom is -0.483 e.